The summed E-state index contributed by atoms with van der Waals surface area (Å²) >= 11 is 4.64. The van der Waals surface area contributed by atoms with Crippen LogP contribution in [0.4, 0.5) is 0 Å². The summed E-state index contributed by atoms with van der Waals surface area (Å²) in [6.45, 7) is 3.81. The molecule has 0 spiro atoms. The average Bonchev–Trinajstić information content (AvgIpc) is 2.19. The van der Waals surface area contributed by atoms with E-state index in [0.717, 1.165) is 15.1 Å². The van der Waals surface area contributed by atoms with Crippen LogP contribution in [0.3, 0.4) is 0 Å². The highest BCUT2D eigenvalue weighted by Gasteiger charge is 2.17. The standard InChI is InChI=1S/C10H12BrNO2S/c1-3-8(10(13)14)15-9-4-6(2)7(11)5-12-9/h4-5,8H,3H2,1-2H3,(H,13,14). The maximum atomic E-state index is 10.8. The van der Waals surface area contributed by atoms with Gasteiger partial charge in [0.1, 0.15) is 5.25 Å². The first-order valence-corrected chi connectivity index (χ1v) is 6.23. The molecule has 5 heteroatoms. The Morgan fingerprint density at radius 2 is 2.40 bits per heavy atom. The minimum Gasteiger partial charge on any atom is -0.480 e. The Bertz CT molecular complexity index is 370. The lowest BCUT2D eigenvalue weighted by atomic mass is 10.3. The summed E-state index contributed by atoms with van der Waals surface area (Å²) in [4.78, 5) is 15.0. The highest BCUT2D eigenvalue weighted by atomic mass is 79.9. The molecule has 0 aliphatic heterocycles. The van der Waals surface area contributed by atoms with Crippen LogP contribution in [0, 0.1) is 6.92 Å². The Kier molecular flexibility index (Phi) is 4.60. The predicted octanol–water partition coefficient (Wildman–Crippen LogP) is 3.11. The lowest BCUT2D eigenvalue weighted by molar-refractivity contribution is -0.136. The van der Waals surface area contributed by atoms with Crippen LogP contribution in [0.2, 0.25) is 0 Å². The molecule has 1 atom stereocenters. The van der Waals surface area contributed by atoms with Gasteiger partial charge >= 0.3 is 5.97 Å². The van der Waals surface area contributed by atoms with E-state index < -0.39 is 11.2 Å². The number of carbonyl (C=O) groups is 1. The zero-order chi connectivity index (χ0) is 11.4. The Balaban J connectivity index is 2.80. The van der Waals surface area contributed by atoms with E-state index in [-0.39, 0.29) is 0 Å². The van der Waals surface area contributed by atoms with E-state index in [4.69, 9.17) is 5.11 Å². The third-order valence-corrected chi connectivity index (χ3v) is 4.05. The van der Waals surface area contributed by atoms with Crippen molar-refractivity contribution in [2.75, 3.05) is 0 Å². The lowest BCUT2D eigenvalue weighted by Gasteiger charge is -2.09. The number of thioether (sulfide) groups is 1. The first-order valence-electron chi connectivity index (χ1n) is 4.56. The van der Waals surface area contributed by atoms with Gasteiger partial charge in [-0.2, -0.15) is 0 Å². The number of nitrogens with zero attached hydrogens (tertiary/aromatic N) is 1. The summed E-state index contributed by atoms with van der Waals surface area (Å²) in [6.07, 6.45) is 2.29. The maximum absolute atomic E-state index is 10.8. The number of hydrogen-bond acceptors (Lipinski definition) is 3. The van der Waals surface area contributed by atoms with Gasteiger partial charge in [0.25, 0.3) is 0 Å². The van der Waals surface area contributed by atoms with Gasteiger partial charge in [-0.1, -0.05) is 18.7 Å². The minimum absolute atomic E-state index is 0.418. The molecule has 0 aromatic carbocycles. The summed E-state index contributed by atoms with van der Waals surface area (Å²) < 4.78 is 0.940. The van der Waals surface area contributed by atoms with Crippen molar-refractivity contribution >= 4 is 33.7 Å². The number of halogens is 1. The van der Waals surface area contributed by atoms with E-state index >= 15 is 0 Å². The molecule has 0 bridgehead atoms. The molecule has 0 saturated heterocycles. The molecular weight excluding hydrogens is 278 g/mol. The van der Waals surface area contributed by atoms with Gasteiger partial charge in [-0.15, -0.1) is 0 Å². The largest absolute Gasteiger partial charge is 0.480 e. The molecule has 1 unspecified atom stereocenters. The Morgan fingerprint density at radius 1 is 1.73 bits per heavy atom. The van der Waals surface area contributed by atoms with E-state index in [1.807, 2.05) is 19.9 Å². The van der Waals surface area contributed by atoms with Gasteiger partial charge in [-0.25, -0.2) is 4.98 Å². The van der Waals surface area contributed by atoms with Crippen LogP contribution in [0.1, 0.15) is 18.9 Å². The monoisotopic (exact) mass is 289 g/mol. The number of carboxylic acids is 1. The van der Waals surface area contributed by atoms with Crippen molar-refractivity contribution in [3.63, 3.8) is 0 Å². The van der Waals surface area contributed by atoms with Crippen molar-refractivity contribution < 1.29 is 9.90 Å². The zero-order valence-corrected chi connectivity index (χ0v) is 10.9. The van der Waals surface area contributed by atoms with Crippen molar-refractivity contribution in [3.05, 3.63) is 22.3 Å². The van der Waals surface area contributed by atoms with E-state index in [1.165, 1.54) is 11.8 Å². The Hall–Kier alpha value is -0.550. The molecule has 1 N–H and O–H groups in total. The number of aromatic nitrogens is 1. The maximum Gasteiger partial charge on any atom is 0.317 e. The van der Waals surface area contributed by atoms with Crippen molar-refractivity contribution in [1.82, 2.24) is 4.98 Å². The van der Waals surface area contributed by atoms with Crippen LogP contribution >= 0.6 is 27.7 Å². The van der Waals surface area contributed by atoms with Gasteiger partial charge in [0, 0.05) is 10.7 Å². The molecule has 1 aromatic heterocycles. The second-order valence-corrected chi connectivity index (χ2v) is 5.20. The van der Waals surface area contributed by atoms with Crippen molar-refractivity contribution in [2.45, 2.75) is 30.5 Å². The first kappa shape index (κ1) is 12.5. The normalized spacial score (nSPS) is 12.5. The highest BCUT2D eigenvalue weighted by Crippen LogP contribution is 2.26. The Morgan fingerprint density at radius 3 is 2.87 bits per heavy atom. The number of carboxylic acid groups (broad SMARTS) is 1. The van der Waals surface area contributed by atoms with Gasteiger partial charge in [0.2, 0.25) is 0 Å². The van der Waals surface area contributed by atoms with Gasteiger partial charge in [0.05, 0.1) is 5.03 Å². The van der Waals surface area contributed by atoms with Gasteiger partial charge in [-0.05, 0) is 40.9 Å². The molecule has 0 fully saturated rings. The fraction of sp³-hybridized carbons (Fsp3) is 0.400. The molecule has 1 aromatic rings. The topological polar surface area (TPSA) is 50.2 Å². The van der Waals surface area contributed by atoms with Crippen LogP contribution in [0.25, 0.3) is 0 Å². The molecule has 3 nitrogen and oxygen atoms in total. The molecule has 0 aliphatic carbocycles. The third-order valence-electron chi connectivity index (χ3n) is 1.93. The molecule has 1 heterocycles. The summed E-state index contributed by atoms with van der Waals surface area (Å²) in [6, 6.07) is 1.89. The highest BCUT2D eigenvalue weighted by molar-refractivity contribution is 9.10. The molecule has 15 heavy (non-hydrogen) atoms. The summed E-state index contributed by atoms with van der Waals surface area (Å²) in [7, 11) is 0. The molecule has 0 radical (unpaired) electrons. The number of hydrogen-bond donors (Lipinski definition) is 1. The second-order valence-electron chi connectivity index (χ2n) is 3.12. The fourth-order valence-electron chi connectivity index (χ4n) is 1.03. The van der Waals surface area contributed by atoms with Gasteiger partial charge in [0.15, 0.2) is 0 Å². The van der Waals surface area contributed by atoms with E-state index in [2.05, 4.69) is 20.9 Å². The number of aliphatic carboxylic acids is 1. The van der Waals surface area contributed by atoms with E-state index in [1.54, 1.807) is 6.20 Å². The summed E-state index contributed by atoms with van der Waals surface area (Å²) in [5, 5.41) is 9.24. The number of aryl methyl sites for hydroxylation is 1. The molecule has 82 valence electrons. The van der Waals surface area contributed by atoms with Gasteiger partial charge < -0.3 is 5.11 Å². The minimum atomic E-state index is -0.787. The Labute approximate surface area is 101 Å². The summed E-state index contributed by atoms with van der Waals surface area (Å²) in [5.41, 5.74) is 1.06. The lowest BCUT2D eigenvalue weighted by Crippen LogP contribution is -2.14. The molecule has 0 aliphatic rings. The van der Waals surface area contributed by atoms with Crippen molar-refractivity contribution in [3.8, 4) is 0 Å². The predicted molar refractivity (Wildman–Crippen MR) is 64.2 cm³/mol. The van der Waals surface area contributed by atoms with E-state index in [0.29, 0.717) is 6.42 Å². The second kappa shape index (κ2) is 5.51. The molecular formula is C10H12BrNO2S. The van der Waals surface area contributed by atoms with Crippen LogP contribution in [-0.4, -0.2) is 21.3 Å². The van der Waals surface area contributed by atoms with E-state index in [9.17, 15) is 4.79 Å². The van der Waals surface area contributed by atoms with Crippen molar-refractivity contribution in [2.24, 2.45) is 0 Å². The first-order chi connectivity index (χ1) is 7.04. The van der Waals surface area contributed by atoms with Crippen molar-refractivity contribution in [1.29, 1.82) is 0 Å². The van der Waals surface area contributed by atoms with Gasteiger partial charge in [-0.3, -0.25) is 4.79 Å². The smallest absolute Gasteiger partial charge is 0.317 e. The summed E-state index contributed by atoms with van der Waals surface area (Å²) in [5.74, 6) is -0.787. The number of pyridine rings is 1. The average molecular weight is 290 g/mol. The van der Waals surface area contributed by atoms with Crippen LogP contribution in [-0.2, 0) is 4.79 Å². The van der Waals surface area contributed by atoms with Crippen LogP contribution in [0.5, 0.6) is 0 Å². The molecule has 1 rings (SSSR count). The third kappa shape index (κ3) is 3.50. The SMILES string of the molecule is CCC(Sc1cc(C)c(Br)cn1)C(=O)O. The quantitative estimate of drug-likeness (QED) is 0.866. The molecule has 0 saturated carbocycles. The van der Waals surface area contributed by atoms with Crippen LogP contribution in [0.15, 0.2) is 21.8 Å². The molecule has 0 amide bonds. The zero-order valence-electron chi connectivity index (χ0n) is 8.53. The fourth-order valence-corrected chi connectivity index (χ4v) is 2.17. The van der Waals surface area contributed by atoms with Crippen LogP contribution < -0.4 is 0 Å². The number of rotatable bonds is 4.